The highest BCUT2D eigenvalue weighted by atomic mass is 32.2. The van der Waals surface area contributed by atoms with E-state index in [0.29, 0.717) is 6.54 Å². The van der Waals surface area contributed by atoms with Crippen molar-refractivity contribution in [2.75, 3.05) is 12.8 Å². The highest BCUT2D eigenvalue weighted by Crippen LogP contribution is 1.98. The zero-order valence-corrected chi connectivity index (χ0v) is 5.92. The molecule has 1 saturated heterocycles. The number of hydrazine groups is 1. The summed E-state index contributed by atoms with van der Waals surface area (Å²) in [4.78, 5) is 10.6. The molecular formula is C4H9N3OS. The Bertz CT molecular complexity index is 118. The summed E-state index contributed by atoms with van der Waals surface area (Å²) < 4.78 is 0. The molecule has 1 amide bonds. The normalized spacial score (nSPS) is 27.7. The molecule has 0 aromatic rings. The summed E-state index contributed by atoms with van der Waals surface area (Å²) in [5.74, 6) is 0.0353. The van der Waals surface area contributed by atoms with Crippen molar-refractivity contribution in [3.8, 4) is 0 Å². The van der Waals surface area contributed by atoms with Crippen LogP contribution in [0.1, 0.15) is 0 Å². The molecule has 0 aliphatic carbocycles. The van der Waals surface area contributed by atoms with E-state index in [9.17, 15) is 4.79 Å². The lowest BCUT2D eigenvalue weighted by Crippen LogP contribution is -2.58. The van der Waals surface area contributed by atoms with Crippen LogP contribution in [-0.2, 0) is 4.79 Å². The van der Waals surface area contributed by atoms with Crippen molar-refractivity contribution in [1.82, 2.24) is 16.2 Å². The third kappa shape index (κ3) is 1.85. The van der Waals surface area contributed by atoms with Crippen LogP contribution in [0.2, 0.25) is 0 Å². The van der Waals surface area contributed by atoms with Crippen LogP contribution in [0, 0.1) is 0 Å². The number of nitrogens with one attached hydrogen (secondary N) is 3. The number of amides is 1. The molecular weight excluding hydrogens is 138 g/mol. The Kier molecular flexibility index (Phi) is 2.32. The Morgan fingerprint density at radius 3 is 3.00 bits per heavy atom. The van der Waals surface area contributed by atoms with Crippen molar-refractivity contribution in [2.24, 2.45) is 0 Å². The number of hydrogen-bond acceptors (Lipinski definition) is 4. The molecule has 3 N–H and O–H groups in total. The van der Waals surface area contributed by atoms with Crippen LogP contribution in [0.4, 0.5) is 0 Å². The first-order chi connectivity index (χ1) is 4.33. The van der Waals surface area contributed by atoms with Gasteiger partial charge < -0.3 is 5.32 Å². The highest BCUT2D eigenvalue weighted by Gasteiger charge is 2.14. The Morgan fingerprint density at radius 1 is 1.78 bits per heavy atom. The molecule has 0 saturated carbocycles. The fourth-order valence-electron chi connectivity index (χ4n) is 0.575. The first-order valence-corrected chi connectivity index (χ1v) is 3.92. The van der Waals surface area contributed by atoms with Crippen LogP contribution >= 0.6 is 11.8 Å². The van der Waals surface area contributed by atoms with Crippen molar-refractivity contribution in [2.45, 2.75) is 5.50 Å². The van der Waals surface area contributed by atoms with Crippen molar-refractivity contribution < 1.29 is 4.79 Å². The molecule has 1 unspecified atom stereocenters. The predicted molar refractivity (Wildman–Crippen MR) is 36.6 cm³/mol. The lowest BCUT2D eigenvalue weighted by atomic mass is 10.6. The third-order valence-corrected chi connectivity index (χ3v) is 1.72. The van der Waals surface area contributed by atoms with Gasteiger partial charge in [-0.25, -0.2) is 10.9 Å². The summed E-state index contributed by atoms with van der Waals surface area (Å²) in [5.41, 5.74) is 5.65. The summed E-state index contributed by atoms with van der Waals surface area (Å²) in [6.45, 7) is 0.358. The second kappa shape index (κ2) is 3.05. The molecule has 1 rings (SSSR count). The van der Waals surface area contributed by atoms with Gasteiger partial charge in [0.15, 0.2) is 0 Å². The quantitative estimate of drug-likeness (QED) is 0.439. The van der Waals surface area contributed by atoms with Crippen LogP contribution < -0.4 is 16.2 Å². The van der Waals surface area contributed by atoms with Gasteiger partial charge in [-0.3, -0.25) is 4.79 Å². The van der Waals surface area contributed by atoms with Crippen molar-refractivity contribution >= 4 is 17.7 Å². The van der Waals surface area contributed by atoms with Gasteiger partial charge in [0.2, 0.25) is 5.91 Å². The third-order valence-electron chi connectivity index (χ3n) is 1.01. The van der Waals surface area contributed by atoms with E-state index >= 15 is 0 Å². The average Bonchev–Trinajstić information content (AvgIpc) is 1.88. The molecule has 52 valence electrons. The summed E-state index contributed by atoms with van der Waals surface area (Å²) in [6, 6.07) is 0. The maximum atomic E-state index is 10.6. The predicted octanol–water partition coefficient (Wildman–Crippen LogP) is -1.14. The molecule has 9 heavy (non-hydrogen) atoms. The van der Waals surface area contributed by atoms with E-state index in [4.69, 9.17) is 0 Å². The summed E-state index contributed by atoms with van der Waals surface area (Å²) >= 11 is 1.54. The van der Waals surface area contributed by atoms with E-state index in [0.717, 1.165) is 0 Å². The molecule has 0 bridgehead atoms. The Hall–Kier alpha value is -0.260. The molecule has 5 heteroatoms. The maximum Gasteiger partial charge on any atom is 0.237 e. The van der Waals surface area contributed by atoms with Crippen LogP contribution in [0.25, 0.3) is 0 Å². The average molecular weight is 147 g/mol. The molecule has 1 aliphatic heterocycles. The smallest absolute Gasteiger partial charge is 0.237 e. The van der Waals surface area contributed by atoms with Crippen molar-refractivity contribution in [3.05, 3.63) is 0 Å². The fraction of sp³-hybridized carbons (Fsp3) is 0.750. The number of carbonyl (C=O) groups is 1. The Balaban J connectivity index is 2.32. The zero-order valence-electron chi connectivity index (χ0n) is 5.10. The first kappa shape index (κ1) is 6.85. The standard InChI is InChI=1S/C4H9N3OS/c1-9-4-6-3(8)2-5-7-4/h4-5,7H,2H2,1H3,(H,6,8). The second-order valence-corrected chi connectivity index (χ2v) is 2.62. The molecule has 1 atom stereocenters. The minimum absolute atomic E-state index is 0.0197. The highest BCUT2D eigenvalue weighted by molar-refractivity contribution is 7.99. The van der Waals surface area contributed by atoms with E-state index in [2.05, 4.69) is 16.2 Å². The summed E-state index contributed by atoms with van der Waals surface area (Å²) in [5, 5.41) is 2.72. The molecule has 1 aliphatic rings. The first-order valence-electron chi connectivity index (χ1n) is 2.63. The van der Waals surface area contributed by atoms with Gasteiger partial charge in [-0.1, -0.05) is 0 Å². The van der Waals surface area contributed by atoms with Gasteiger partial charge in [0.1, 0.15) is 5.50 Å². The topological polar surface area (TPSA) is 53.2 Å². The zero-order chi connectivity index (χ0) is 6.69. The summed E-state index contributed by atoms with van der Waals surface area (Å²) in [7, 11) is 0. The van der Waals surface area contributed by atoms with Crippen molar-refractivity contribution in [1.29, 1.82) is 0 Å². The number of hydrogen-bond donors (Lipinski definition) is 3. The second-order valence-electron chi connectivity index (χ2n) is 1.68. The van der Waals surface area contributed by atoms with E-state index in [1.54, 1.807) is 11.8 Å². The molecule has 0 radical (unpaired) electrons. The number of carbonyl (C=O) groups excluding carboxylic acids is 1. The minimum atomic E-state index is 0.0197. The molecule has 0 aromatic carbocycles. The van der Waals surface area contributed by atoms with Crippen LogP contribution in [0.5, 0.6) is 0 Å². The van der Waals surface area contributed by atoms with Gasteiger partial charge >= 0.3 is 0 Å². The minimum Gasteiger partial charge on any atom is -0.330 e. The molecule has 4 nitrogen and oxygen atoms in total. The fourth-order valence-corrected chi connectivity index (χ4v) is 1.03. The van der Waals surface area contributed by atoms with Crippen molar-refractivity contribution in [3.63, 3.8) is 0 Å². The van der Waals surface area contributed by atoms with Gasteiger partial charge in [0, 0.05) is 0 Å². The number of rotatable bonds is 1. The van der Waals surface area contributed by atoms with E-state index in [1.165, 1.54) is 0 Å². The SMILES string of the molecule is CSC1NNCC(=O)N1. The molecule has 0 aromatic heterocycles. The largest absolute Gasteiger partial charge is 0.330 e. The van der Waals surface area contributed by atoms with Gasteiger partial charge in [0.05, 0.1) is 6.54 Å². The van der Waals surface area contributed by atoms with Gasteiger partial charge in [-0.15, -0.1) is 11.8 Å². The van der Waals surface area contributed by atoms with Gasteiger partial charge in [0.25, 0.3) is 0 Å². The number of thioether (sulfide) groups is 1. The monoisotopic (exact) mass is 147 g/mol. The lowest BCUT2D eigenvalue weighted by molar-refractivity contribution is -0.122. The van der Waals surface area contributed by atoms with Gasteiger partial charge in [-0.2, -0.15) is 0 Å². The van der Waals surface area contributed by atoms with E-state index in [1.807, 2.05) is 6.26 Å². The Morgan fingerprint density at radius 2 is 2.56 bits per heavy atom. The lowest BCUT2D eigenvalue weighted by Gasteiger charge is -2.23. The van der Waals surface area contributed by atoms with Gasteiger partial charge in [-0.05, 0) is 6.26 Å². The van der Waals surface area contributed by atoms with Crippen LogP contribution in [-0.4, -0.2) is 24.2 Å². The molecule has 1 fully saturated rings. The summed E-state index contributed by atoms with van der Waals surface area (Å²) in [6.07, 6.45) is 1.92. The van der Waals surface area contributed by atoms with E-state index in [-0.39, 0.29) is 11.4 Å². The molecule has 0 spiro atoms. The Labute approximate surface area is 57.7 Å². The van der Waals surface area contributed by atoms with Crippen LogP contribution in [0.15, 0.2) is 0 Å². The maximum absolute atomic E-state index is 10.6. The van der Waals surface area contributed by atoms with E-state index < -0.39 is 0 Å². The molecule has 1 heterocycles. The van der Waals surface area contributed by atoms with Crippen LogP contribution in [0.3, 0.4) is 0 Å².